The zero-order chi connectivity index (χ0) is 18.9. The second-order valence-corrected chi connectivity index (χ2v) is 11.0. The van der Waals surface area contributed by atoms with Crippen molar-refractivity contribution in [1.82, 2.24) is 5.06 Å². The molecule has 27 heavy (non-hydrogen) atoms. The normalized spacial score (nSPS) is 31.9. The van der Waals surface area contributed by atoms with E-state index in [2.05, 4.69) is 37.8 Å². The predicted octanol–water partition coefficient (Wildman–Crippen LogP) is 4.18. The van der Waals surface area contributed by atoms with Crippen molar-refractivity contribution in [1.29, 1.82) is 0 Å². The van der Waals surface area contributed by atoms with Crippen LogP contribution in [0.3, 0.4) is 0 Å². The second kappa shape index (κ2) is 8.36. The lowest BCUT2D eigenvalue weighted by Gasteiger charge is -2.36. The number of hydrogen-bond acceptors (Lipinski definition) is 5. The highest BCUT2D eigenvalue weighted by Gasteiger charge is 2.69. The number of benzene rings is 1. The highest BCUT2D eigenvalue weighted by Crippen LogP contribution is 2.68. The molecule has 0 amide bonds. The van der Waals surface area contributed by atoms with Gasteiger partial charge in [-0.2, -0.15) is 0 Å². The van der Waals surface area contributed by atoms with E-state index in [-0.39, 0.29) is 21.5 Å². The minimum Gasteiger partial charge on any atom is -0.353 e. The molecule has 2 saturated heterocycles. The lowest BCUT2D eigenvalue weighted by atomic mass is 10.0. The quantitative estimate of drug-likeness (QED) is 0.433. The highest BCUT2D eigenvalue weighted by molar-refractivity contribution is 9.25. The first-order valence-corrected chi connectivity index (χ1v) is 11.0. The van der Waals surface area contributed by atoms with E-state index in [9.17, 15) is 4.79 Å². The van der Waals surface area contributed by atoms with Crippen LogP contribution < -0.4 is 0 Å². The number of alkyl halides is 2. The van der Waals surface area contributed by atoms with E-state index in [0.717, 1.165) is 31.4 Å². The van der Waals surface area contributed by atoms with Gasteiger partial charge in [0.2, 0.25) is 0 Å². The van der Waals surface area contributed by atoms with Crippen molar-refractivity contribution in [2.45, 2.75) is 47.9 Å². The molecule has 4 rings (SSSR count). The minimum atomic E-state index is -0.186. The molecule has 0 spiro atoms. The Morgan fingerprint density at radius 3 is 2.78 bits per heavy atom. The van der Waals surface area contributed by atoms with Crippen LogP contribution in [0.15, 0.2) is 36.0 Å². The molecule has 146 valence electrons. The van der Waals surface area contributed by atoms with Crippen molar-refractivity contribution in [3.05, 3.63) is 41.6 Å². The van der Waals surface area contributed by atoms with E-state index in [1.54, 1.807) is 5.06 Å². The molecule has 0 aromatic heterocycles. The van der Waals surface area contributed by atoms with Gasteiger partial charge >= 0.3 is 0 Å². The van der Waals surface area contributed by atoms with Crippen LogP contribution in [0.2, 0.25) is 0 Å². The fraction of sp³-hybridized carbons (Fsp3) is 0.600. The molecule has 4 atom stereocenters. The van der Waals surface area contributed by atoms with Crippen molar-refractivity contribution in [3.8, 4) is 0 Å². The van der Waals surface area contributed by atoms with E-state index in [0.29, 0.717) is 31.2 Å². The van der Waals surface area contributed by atoms with Crippen LogP contribution in [0.4, 0.5) is 0 Å². The summed E-state index contributed by atoms with van der Waals surface area (Å²) >= 11 is 7.54. The highest BCUT2D eigenvalue weighted by atomic mass is 79.9. The van der Waals surface area contributed by atoms with Gasteiger partial charge in [-0.05, 0) is 30.7 Å². The third kappa shape index (κ3) is 4.19. The van der Waals surface area contributed by atoms with Gasteiger partial charge in [0.1, 0.15) is 11.6 Å². The number of piperidine rings is 1. The molecule has 3 fully saturated rings. The fourth-order valence-electron chi connectivity index (χ4n) is 4.05. The molecule has 2 heterocycles. The van der Waals surface area contributed by atoms with Gasteiger partial charge in [0.05, 0.1) is 22.5 Å². The van der Waals surface area contributed by atoms with Gasteiger partial charge in [-0.15, -0.1) is 0 Å². The molecular weight excluding hydrogens is 478 g/mol. The van der Waals surface area contributed by atoms with Crippen molar-refractivity contribution in [3.63, 3.8) is 0 Å². The molecule has 1 saturated carbocycles. The first-order chi connectivity index (χ1) is 13.1. The number of rotatable bonds is 6. The summed E-state index contributed by atoms with van der Waals surface area (Å²) in [7, 11) is 0. The molecular formula is C20H23Br2NO4. The Balaban J connectivity index is 1.48. The number of allylic oxidation sites excluding steroid dienone is 1. The minimum absolute atomic E-state index is 0.0758. The van der Waals surface area contributed by atoms with Gasteiger partial charge < -0.3 is 9.47 Å². The first-order valence-electron chi connectivity index (χ1n) is 9.42. The molecule has 1 aliphatic carbocycles. The summed E-state index contributed by atoms with van der Waals surface area (Å²) in [6.07, 6.45) is 3.59. The van der Waals surface area contributed by atoms with Crippen LogP contribution in [0.5, 0.6) is 0 Å². The van der Waals surface area contributed by atoms with Gasteiger partial charge in [-0.1, -0.05) is 62.2 Å². The maximum absolute atomic E-state index is 11.6. The van der Waals surface area contributed by atoms with Gasteiger partial charge in [0.25, 0.3) is 0 Å². The molecule has 1 aromatic rings. The largest absolute Gasteiger partial charge is 0.353 e. The number of hydroxylamine groups is 2. The molecule has 0 radical (unpaired) electrons. The number of ether oxygens (including phenoxy) is 2. The topological polar surface area (TPSA) is 48.0 Å². The number of halogens is 2. The van der Waals surface area contributed by atoms with Gasteiger partial charge in [-0.3, -0.25) is 4.84 Å². The van der Waals surface area contributed by atoms with E-state index in [4.69, 9.17) is 14.3 Å². The summed E-state index contributed by atoms with van der Waals surface area (Å²) in [5.74, 6) is 2.70. The second-order valence-electron chi connectivity index (χ2n) is 7.34. The number of nitrogens with zero attached hydrogens (tertiary/aromatic N) is 1. The fourth-order valence-corrected chi connectivity index (χ4v) is 5.92. The summed E-state index contributed by atoms with van der Waals surface area (Å²) in [6.45, 7) is 1.60. The number of carbonyl (C=O) groups excluding carboxylic acids is 1. The van der Waals surface area contributed by atoms with E-state index in [1.807, 2.05) is 30.3 Å². The molecule has 1 aromatic carbocycles. The van der Waals surface area contributed by atoms with Crippen LogP contribution >= 0.6 is 31.9 Å². The zero-order valence-electron chi connectivity index (χ0n) is 15.0. The summed E-state index contributed by atoms with van der Waals surface area (Å²) in [5.41, 5.74) is 1.60. The third-order valence-electron chi connectivity index (χ3n) is 5.58. The van der Waals surface area contributed by atoms with Crippen LogP contribution in [0, 0.1) is 11.8 Å². The van der Waals surface area contributed by atoms with Gasteiger partial charge in [0.15, 0.2) is 6.29 Å². The molecule has 2 aliphatic heterocycles. The smallest absolute Gasteiger partial charge is 0.157 e. The van der Waals surface area contributed by atoms with E-state index in [1.165, 1.54) is 0 Å². The summed E-state index contributed by atoms with van der Waals surface area (Å²) in [6, 6.07) is 9.87. The van der Waals surface area contributed by atoms with Crippen LogP contribution in [0.1, 0.15) is 31.2 Å². The number of hydrogen-bond donors (Lipinski definition) is 0. The summed E-state index contributed by atoms with van der Waals surface area (Å²) in [5, 5.41) is 1.73. The zero-order valence-corrected chi connectivity index (χ0v) is 18.2. The molecule has 7 heteroatoms. The van der Waals surface area contributed by atoms with Crippen LogP contribution in [0.25, 0.3) is 0 Å². The maximum atomic E-state index is 11.6. The summed E-state index contributed by atoms with van der Waals surface area (Å²) in [4.78, 5) is 17.7. The molecule has 5 nitrogen and oxygen atoms in total. The monoisotopic (exact) mass is 499 g/mol. The Morgan fingerprint density at radius 2 is 2.07 bits per heavy atom. The Labute approximate surface area is 176 Å². The van der Waals surface area contributed by atoms with Crippen LogP contribution in [-0.2, 0) is 25.7 Å². The Hall–Kier alpha value is -0.690. The lowest BCUT2D eigenvalue weighted by Crippen LogP contribution is -2.44. The van der Waals surface area contributed by atoms with E-state index >= 15 is 0 Å². The Kier molecular flexibility index (Phi) is 6.07. The SMILES string of the molecule is O=C=C1CC2C(C(COC3CCCCO3)N1OCc1ccccc1)C2(Br)Br. The predicted molar refractivity (Wildman–Crippen MR) is 108 cm³/mol. The van der Waals surface area contributed by atoms with Crippen molar-refractivity contribution < 1.29 is 19.1 Å². The average Bonchev–Trinajstić information content (AvgIpc) is 3.26. The molecule has 4 unspecified atom stereocenters. The third-order valence-corrected chi connectivity index (χ3v) is 7.81. The Bertz CT molecular complexity index is 701. The summed E-state index contributed by atoms with van der Waals surface area (Å²) < 4.78 is 11.6. The Morgan fingerprint density at radius 1 is 1.26 bits per heavy atom. The molecule has 0 bridgehead atoms. The van der Waals surface area contributed by atoms with Crippen LogP contribution in [-0.4, -0.2) is 39.8 Å². The average molecular weight is 501 g/mol. The standard InChI is InChI=1S/C20H23Br2NO4/c21-20(22)16-10-15(11-24)23(27-12-14-6-2-1-3-7-14)17(19(16)20)13-26-18-8-4-5-9-25-18/h1-3,6-7,16-19H,4-5,8-10,12-13H2. The molecule has 3 aliphatic rings. The van der Waals surface area contributed by atoms with Crippen molar-refractivity contribution in [2.75, 3.05) is 13.2 Å². The van der Waals surface area contributed by atoms with Crippen molar-refractivity contribution in [2.24, 2.45) is 11.8 Å². The maximum Gasteiger partial charge on any atom is 0.157 e. The lowest BCUT2D eigenvalue weighted by molar-refractivity contribution is -0.221. The number of fused-ring (bicyclic) bond motifs is 1. The van der Waals surface area contributed by atoms with E-state index < -0.39 is 0 Å². The first kappa shape index (κ1) is 19.6. The van der Waals surface area contributed by atoms with Gasteiger partial charge in [0, 0.05) is 18.9 Å². The van der Waals surface area contributed by atoms with Crippen molar-refractivity contribution >= 4 is 37.8 Å². The van der Waals surface area contributed by atoms with Gasteiger partial charge in [-0.25, -0.2) is 9.86 Å². The molecule has 0 N–H and O–H groups in total.